The normalized spacial score (nSPS) is 11.5. The van der Waals surface area contributed by atoms with Crippen molar-refractivity contribution in [1.29, 1.82) is 5.26 Å². The molecule has 0 amide bonds. The second-order valence-electron chi connectivity index (χ2n) is 3.37. The Bertz CT molecular complexity index is 344. The number of nitrogens with one attached hydrogen (secondary N) is 1. The molecule has 0 aliphatic rings. The fraction of sp³-hybridized carbons (Fsp3) is 0.417. The molecule has 3 heteroatoms. The highest BCUT2D eigenvalue weighted by molar-refractivity contribution is 5.48. The summed E-state index contributed by atoms with van der Waals surface area (Å²) < 4.78 is 5.37. The van der Waals surface area contributed by atoms with Crippen molar-refractivity contribution in [3.63, 3.8) is 0 Å². The van der Waals surface area contributed by atoms with Crippen LogP contribution in [0.5, 0.6) is 5.75 Å². The van der Waals surface area contributed by atoms with Gasteiger partial charge in [-0.15, -0.1) is 0 Å². The Morgan fingerprint density at radius 1 is 1.53 bits per heavy atom. The first kappa shape index (κ1) is 11.4. The molecule has 0 bridgehead atoms. The van der Waals surface area contributed by atoms with Crippen LogP contribution in [0.15, 0.2) is 24.3 Å². The van der Waals surface area contributed by atoms with Crippen molar-refractivity contribution in [3.05, 3.63) is 24.3 Å². The molecule has 0 heterocycles. The van der Waals surface area contributed by atoms with Crippen LogP contribution in [0.25, 0.3) is 0 Å². The molecule has 1 unspecified atom stereocenters. The molecular formula is C12H16N2O. The average Bonchev–Trinajstić information content (AvgIpc) is 2.27. The van der Waals surface area contributed by atoms with E-state index in [1.807, 2.05) is 38.1 Å². The molecule has 0 saturated heterocycles. The Labute approximate surface area is 90.7 Å². The van der Waals surface area contributed by atoms with Crippen molar-refractivity contribution < 1.29 is 4.74 Å². The minimum absolute atomic E-state index is 0.0146. The lowest BCUT2D eigenvalue weighted by Gasteiger charge is -2.09. The Balaban J connectivity index is 2.54. The van der Waals surface area contributed by atoms with Crippen molar-refractivity contribution in [2.45, 2.75) is 13.8 Å². The molecule has 0 aromatic heterocycles. The molecule has 0 saturated carbocycles. The number of hydrogen-bond donors (Lipinski definition) is 1. The standard InChI is InChI=1S/C12H16N2O/c1-3-15-12-6-4-5-11(7-12)14-9-10(2)8-13/h4-7,10,14H,3,9H2,1-2H3. The van der Waals surface area contributed by atoms with E-state index in [-0.39, 0.29) is 5.92 Å². The molecule has 80 valence electrons. The topological polar surface area (TPSA) is 45.0 Å². The predicted octanol–water partition coefficient (Wildman–Crippen LogP) is 2.66. The summed E-state index contributed by atoms with van der Waals surface area (Å²) in [6.07, 6.45) is 0. The molecule has 1 aromatic rings. The molecule has 1 N–H and O–H groups in total. The molecule has 0 aliphatic heterocycles. The van der Waals surface area contributed by atoms with Crippen molar-refractivity contribution >= 4 is 5.69 Å². The molecule has 0 radical (unpaired) electrons. The van der Waals surface area contributed by atoms with Crippen LogP contribution < -0.4 is 10.1 Å². The van der Waals surface area contributed by atoms with Crippen LogP contribution in [0.1, 0.15) is 13.8 Å². The van der Waals surface area contributed by atoms with Gasteiger partial charge in [-0.3, -0.25) is 0 Å². The number of rotatable bonds is 5. The monoisotopic (exact) mass is 204 g/mol. The average molecular weight is 204 g/mol. The summed E-state index contributed by atoms with van der Waals surface area (Å²) in [4.78, 5) is 0. The van der Waals surface area contributed by atoms with Crippen LogP contribution in [-0.2, 0) is 0 Å². The SMILES string of the molecule is CCOc1cccc(NCC(C)C#N)c1. The van der Waals surface area contributed by atoms with Gasteiger partial charge >= 0.3 is 0 Å². The fourth-order valence-corrected chi connectivity index (χ4v) is 1.18. The predicted molar refractivity (Wildman–Crippen MR) is 60.9 cm³/mol. The summed E-state index contributed by atoms with van der Waals surface area (Å²) in [6.45, 7) is 5.17. The zero-order chi connectivity index (χ0) is 11.1. The van der Waals surface area contributed by atoms with E-state index >= 15 is 0 Å². The minimum Gasteiger partial charge on any atom is -0.494 e. The third-order valence-electron chi connectivity index (χ3n) is 1.98. The zero-order valence-electron chi connectivity index (χ0n) is 9.16. The molecule has 0 fully saturated rings. The van der Waals surface area contributed by atoms with Gasteiger partial charge in [0.2, 0.25) is 0 Å². The lowest BCUT2D eigenvalue weighted by Crippen LogP contribution is -2.09. The number of hydrogen-bond acceptors (Lipinski definition) is 3. The lowest BCUT2D eigenvalue weighted by molar-refractivity contribution is 0.340. The Morgan fingerprint density at radius 2 is 2.33 bits per heavy atom. The zero-order valence-corrected chi connectivity index (χ0v) is 9.16. The molecule has 1 rings (SSSR count). The van der Waals surface area contributed by atoms with Crippen molar-refractivity contribution in [3.8, 4) is 11.8 Å². The smallest absolute Gasteiger partial charge is 0.121 e. The molecule has 1 aromatic carbocycles. The van der Waals surface area contributed by atoms with E-state index < -0.39 is 0 Å². The summed E-state index contributed by atoms with van der Waals surface area (Å²) in [5.74, 6) is 0.868. The van der Waals surface area contributed by atoms with Gasteiger partial charge in [-0.1, -0.05) is 6.07 Å². The van der Waals surface area contributed by atoms with Crippen LogP contribution in [-0.4, -0.2) is 13.2 Å². The summed E-state index contributed by atoms with van der Waals surface area (Å²) in [7, 11) is 0. The van der Waals surface area contributed by atoms with Gasteiger partial charge in [0.05, 0.1) is 18.6 Å². The maximum absolute atomic E-state index is 8.64. The third kappa shape index (κ3) is 3.90. The van der Waals surface area contributed by atoms with Gasteiger partial charge in [-0.2, -0.15) is 5.26 Å². The van der Waals surface area contributed by atoms with E-state index in [1.54, 1.807) is 0 Å². The van der Waals surface area contributed by atoms with Gasteiger partial charge in [0.1, 0.15) is 5.75 Å². The highest BCUT2D eigenvalue weighted by Crippen LogP contribution is 2.17. The maximum atomic E-state index is 8.64. The van der Waals surface area contributed by atoms with Gasteiger partial charge in [0.15, 0.2) is 0 Å². The molecule has 0 aliphatic carbocycles. The first-order valence-electron chi connectivity index (χ1n) is 5.12. The van der Waals surface area contributed by atoms with Gasteiger partial charge in [-0.25, -0.2) is 0 Å². The summed E-state index contributed by atoms with van der Waals surface area (Å²) in [6, 6.07) is 9.94. The Hall–Kier alpha value is -1.69. The largest absolute Gasteiger partial charge is 0.494 e. The number of anilines is 1. The fourth-order valence-electron chi connectivity index (χ4n) is 1.18. The molecule has 0 spiro atoms. The van der Waals surface area contributed by atoms with E-state index in [0.717, 1.165) is 11.4 Å². The van der Waals surface area contributed by atoms with E-state index in [9.17, 15) is 0 Å². The highest BCUT2D eigenvalue weighted by Gasteiger charge is 1.99. The van der Waals surface area contributed by atoms with Crippen molar-refractivity contribution in [2.24, 2.45) is 5.92 Å². The minimum atomic E-state index is 0.0146. The summed E-state index contributed by atoms with van der Waals surface area (Å²) >= 11 is 0. The van der Waals surface area contributed by atoms with E-state index in [1.165, 1.54) is 0 Å². The van der Waals surface area contributed by atoms with Crippen LogP contribution in [0, 0.1) is 17.2 Å². The maximum Gasteiger partial charge on any atom is 0.121 e. The molecular weight excluding hydrogens is 188 g/mol. The van der Waals surface area contributed by atoms with E-state index in [2.05, 4.69) is 11.4 Å². The van der Waals surface area contributed by atoms with Gasteiger partial charge in [-0.05, 0) is 26.0 Å². The number of benzene rings is 1. The number of nitriles is 1. The van der Waals surface area contributed by atoms with Crippen molar-refractivity contribution in [2.75, 3.05) is 18.5 Å². The molecule has 1 atom stereocenters. The summed E-state index contributed by atoms with van der Waals surface area (Å²) in [5.41, 5.74) is 0.989. The second-order valence-corrected chi connectivity index (χ2v) is 3.37. The van der Waals surface area contributed by atoms with E-state index in [0.29, 0.717) is 13.2 Å². The van der Waals surface area contributed by atoms with Gasteiger partial charge in [0, 0.05) is 18.3 Å². The second kappa shape index (κ2) is 5.92. The Kier molecular flexibility index (Phi) is 4.49. The van der Waals surface area contributed by atoms with Crippen molar-refractivity contribution in [1.82, 2.24) is 0 Å². The number of ether oxygens (including phenoxy) is 1. The molecule has 15 heavy (non-hydrogen) atoms. The number of nitrogens with zero attached hydrogens (tertiary/aromatic N) is 1. The highest BCUT2D eigenvalue weighted by atomic mass is 16.5. The van der Waals surface area contributed by atoms with Gasteiger partial charge in [0.25, 0.3) is 0 Å². The molecule has 3 nitrogen and oxygen atoms in total. The third-order valence-corrected chi connectivity index (χ3v) is 1.98. The lowest BCUT2D eigenvalue weighted by atomic mass is 10.2. The van der Waals surface area contributed by atoms with Crippen LogP contribution in [0.4, 0.5) is 5.69 Å². The van der Waals surface area contributed by atoms with Crippen LogP contribution in [0.2, 0.25) is 0 Å². The van der Waals surface area contributed by atoms with E-state index in [4.69, 9.17) is 10.00 Å². The van der Waals surface area contributed by atoms with Gasteiger partial charge < -0.3 is 10.1 Å². The first-order valence-corrected chi connectivity index (χ1v) is 5.12. The first-order chi connectivity index (χ1) is 7.26. The quantitative estimate of drug-likeness (QED) is 0.802. The summed E-state index contributed by atoms with van der Waals surface area (Å²) in [5, 5.41) is 11.8. The van der Waals surface area contributed by atoms with Crippen LogP contribution >= 0.6 is 0 Å². The van der Waals surface area contributed by atoms with Crippen LogP contribution in [0.3, 0.4) is 0 Å². The Morgan fingerprint density at radius 3 is 3.00 bits per heavy atom.